The van der Waals surface area contributed by atoms with Gasteiger partial charge in [-0.15, -0.1) is 11.8 Å². The molecule has 0 saturated carbocycles. The van der Waals surface area contributed by atoms with Crippen LogP contribution in [0.5, 0.6) is 0 Å². The first kappa shape index (κ1) is 26.0. The molecule has 4 rings (SSSR count). The number of amides is 3. The summed E-state index contributed by atoms with van der Waals surface area (Å²) in [6.45, 7) is 8.90. The number of hydrogen-bond donors (Lipinski definition) is 3. The molecule has 192 valence electrons. The van der Waals surface area contributed by atoms with Crippen LogP contribution in [0.25, 0.3) is 0 Å². The highest BCUT2D eigenvalue weighted by atomic mass is 32.2. The number of fused-ring (bicyclic) bond motifs is 1. The first-order valence-electron chi connectivity index (χ1n) is 13.0. The van der Waals surface area contributed by atoms with Gasteiger partial charge in [0.1, 0.15) is 6.04 Å². The molecule has 3 fully saturated rings. The molecule has 0 radical (unpaired) electrons. The van der Waals surface area contributed by atoms with Gasteiger partial charge in [-0.2, -0.15) is 0 Å². The first-order chi connectivity index (χ1) is 16.8. The Bertz CT molecular complexity index is 944. The molecule has 3 aliphatic rings. The van der Waals surface area contributed by atoms with Gasteiger partial charge < -0.3 is 20.6 Å². The maximum atomic E-state index is 14.2. The smallest absolute Gasteiger partial charge is 0.244 e. The third-order valence-electron chi connectivity index (χ3n) is 8.44. The van der Waals surface area contributed by atoms with Crippen LogP contribution >= 0.6 is 11.8 Å². The molecule has 1 aromatic carbocycles. The highest BCUT2D eigenvalue weighted by Gasteiger charge is 2.76. The molecule has 3 saturated heterocycles. The number of aliphatic hydroxyl groups excluding tert-OH is 1. The van der Waals surface area contributed by atoms with E-state index in [1.807, 2.05) is 51.1 Å². The van der Waals surface area contributed by atoms with Crippen LogP contribution in [0, 0.1) is 23.7 Å². The quantitative estimate of drug-likeness (QED) is 0.458. The molecule has 1 spiro atoms. The van der Waals surface area contributed by atoms with E-state index in [0.29, 0.717) is 13.1 Å². The minimum Gasteiger partial charge on any atom is -0.394 e. The van der Waals surface area contributed by atoms with E-state index in [1.54, 1.807) is 16.7 Å². The zero-order valence-electron chi connectivity index (χ0n) is 21.2. The fourth-order valence-corrected chi connectivity index (χ4v) is 8.89. The fourth-order valence-electron chi connectivity index (χ4n) is 6.48. The Morgan fingerprint density at radius 1 is 1.20 bits per heavy atom. The van der Waals surface area contributed by atoms with Gasteiger partial charge in [-0.25, -0.2) is 0 Å². The number of rotatable bonds is 10. The normalized spacial score (nSPS) is 32.9. The number of nitrogens with one attached hydrogen (secondary N) is 2. The summed E-state index contributed by atoms with van der Waals surface area (Å²) in [5.74, 6) is -1.29. The summed E-state index contributed by atoms with van der Waals surface area (Å²) in [6.07, 6.45) is 2.41. The molecule has 3 N–H and O–H groups in total. The predicted octanol–water partition coefficient (Wildman–Crippen LogP) is 2.57. The molecule has 3 unspecified atom stereocenters. The van der Waals surface area contributed by atoms with E-state index < -0.39 is 28.7 Å². The Hall–Kier alpha value is -2.06. The van der Waals surface area contributed by atoms with Crippen molar-refractivity contribution in [3.8, 4) is 0 Å². The standard InChI is InChI=1S/C27H39N3O4S/c1-5-12-28-24(32)21-20-13-17(4)27(35-20)22(21)26(34)30(19(15-31)16(3)6-2)23(27)25(33)29-14-18-10-8-7-9-11-18/h7-11,16-17,19-23,31H,5-6,12-15H2,1-4H3,(H,28,32)(H,29,33)/t16-,17?,19-,20+,21-,22-,23?,27?/m0/s1. The lowest BCUT2D eigenvalue weighted by atomic mass is 9.66. The molecular formula is C27H39N3O4S. The summed E-state index contributed by atoms with van der Waals surface area (Å²) >= 11 is 1.67. The monoisotopic (exact) mass is 501 g/mol. The Balaban J connectivity index is 1.72. The van der Waals surface area contributed by atoms with Gasteiger partial charge in [-0.3, -0.25) is 14.4 Å². The van der Waals surface area contributed by atoms with E-state index >= 15 is 0 Å². The van der Waals surface area contributed by atoms with Crippen LogP contribution in [-0.2, 0) is 20.9 Å². The molecule has 2 bridgehead atoms. The number of hydrogen-bond acceptors (Lipinski definition) is 5. The maximum absolute atomic E-state index is 14.2. The van der Waals surface area contributed by atoms with Crippen molar-refractivity contribution in [3.05, 3.63) is 35.9 Å². The molecule has 0 aliphatic carbocycles. The van der Waals surface area contributed by atoms with Crippen LogP contribution in [0.2, 0.25) is 0 Å². The summed E-state index contributed by atoms with van der Waals surface area (Å²) in [7, 11) is 0. The minimum absolute atomic E-state index is 0.0217. The molecular weight excluding hydrogens is 462 g/mol. The van der Waals surface area contributed by atoms with Crippen LogP contribution in [0.4, 0.5) is 0 Å². The largest absolute Gasteiger partial charge is 0.394 e. The van der Waals surface area contributed by atoms with E-state index in [-0.39, 0.29) is 41.4 Å². The van der Waals surface area contributed by atoms with Crippen LogP contribution in [0.1, 0.15) is 52.5 Å². The molecule has 35 heavy (non-hydrogen) atoms. The van der Waals surface area contributed by atoms with Gasteiger partial charge >= 0.3 is 0 Å². The van der Waals surface area contributed by atoms with Gasteiger partial charge in [0.15, 0.2) is 0 Å². The van der Waals surface area contributed by atoms with E-state index in [2.05, 4.69) is 17.6 Å². The Labute approximate surface area is 212 Å². The zero-order chi connectivity index (χ0) is 25.3. The molecule has 1 aromatic rings. The van der Waals surface area contributed by atoms with Gasteiger partial charge in [0.2, 0.25) is 17.7 Å². The van der Waals surface area contributed by atoms with Crippen molar-refractivity contribution in [2.24, 2.45) is 23.7 Å². The number of likely N-dealkylation sites (tertiary alicyclic amines) is 1. The lowest BCUT2D eigenvalue weighted by Crippen LogP contribution is -2.59. The fraction of sp³-hybridized carbons (Fsp3) is 0.667. The molecule has 8 heteroatoms. The van der Waals surface area contributed by atoms with Gasteiger partial charge in [0, 0.05) is 18.3 Å². The first-order valence-corrected chi connectivity index (χ1v) is 13.9. The van der Waals surface area contributed by atoms with Crippen molar-refractivity contribution >= 4 is 29.5 Å². The van der Waals surface area contributed by atoms with Gasteiger partial charge in [0.25, 0.3) is 0 Å². The molecule has 8 atom stereocenters. The third-order valence-corrected chi connectivity index (χ3v) is 10.5. The number of nitrogens with zero attached hydrogens (tertiary/aromatic N) is 1. The number of aliphatic hydroxyl groups is 1. The SMILES string of the molecule is CCCNC(=O)[C@@H]1[C@H]2C(=O)N([C@@H](CO)[C@@H](C)CC)C(C(=O)NCc3ccccc3)C23S[C@@H]1CC3C. The van der Waals surface area contributed by atoms with E-state index in [0.717, 1.165) is 24.8 Å². The summed E-state index contributed by atoms with van der Waals surface area (Å²) in [6, 6.07) is 8.53. The minimum atomic E-state index is -0.719. The summed E-state index contributed by atoms with van der Waals surface area (Å²) in [5, 5.41) is 16.5. The van der Waals surface area contributed by atoms with Crippen molar-refractivity contribution in [3.63, 3.8) is 0 Å². The van der Waals surface area contributed by atoms with Crippen molar-refractivity contribution < 1.29 is 19.5 Å². The van der Waals surface area contributed by atoms with Crippen molar-refractivity contribution in [2.75, 3.05) is 13.2 Å². The highest BCUT2D eigenvalue weighted by Crippen LogP contribution is 2.68. The van der Waals surface area contributed by atoms with Crippen molar-refractivity contribution in [1.29, 1.82) is 0 Å². The molecule has 3 aliphatic heterocycles. The second-order valence-electron chi connectivity index (χ2n) is 10.4. The van der Waals surface area contributed by atoms with Gasteiger partial charge in [0.05, 0.1) is 29.2 Å². The average molecular weight is 502 g/mol. The van der Waals surface area contributed by atoms with Crippen molar-refractivity contribution in [2.45, 2.75) is 75.6 Å². The van der Waals surface area contributed by atoms with Crippen molar-refractivity contribution in [1.82, 2.24) is 15.5 Å². The van der Waals surface area contributed by atoms with Gasteiger partial charge in [-0.1, -0.05) is 64.4 Å². The Kier molecular flexibility index (Phi) is 7.81. The summed E-state index contributed by atoms with van der Waals surface area (Å²) in [4.78, 5) is 43.0. The molecule has 0 aromatic heterocycles. The maximum Gasteiger partial charge on any atom is 0.244 e. The van der Waals surface area contributed by atoms with E-state index in [1.165, 1.54) is 0 Å². The van der Waals surface area contributed by atoms with E-state index in [4.69, 9.17) is 0 Å². The van der Waals surface area contributed by atoms with Crippen LogP contribution in [0.3, 0.4) is 0 Å². The predicted molar refractivity (Wildman–Crippen MR) is 137 cm³/mol. The van der Waals surface area contributed by atoms with Crippen LogP contribution < -0.4 is 10.6 Å². The second-order valence-corrected chi connectivity index (χ2v) is 12.0. The summed E-state index contributed by atoms with van der Waals surface area (Å²) in [5.41, 5.74) is 0.986. The average Bonchev–Trinajstić information content (AvgIpc) is 3.46. The van der Waals surface area contributed by atoms with Crippen LogP contribution in [-0.4, -0.2) is 63.0 Å². The Morgan fingerprint density at radius 3 is 2.54 bits per heavy atom. The zero-order valence-corrected chi connectivity index (χ0v) is 22.0. The van der Waals surface area contributed by atoms with Gasteiger partial charge in [-0.05, 0) is 30.2 Å². The number of carbonyl (C=O) groups excluding carboxylic acids is 3. The number of thioether (sulfide) groups is 1. The molecule has 3 amide bonds. The lowest BCUT2D eigenvalue weighted by molar-refractivity contribution is -0.144. The molecule has 7 nitrogen and oxygen atoms in total. The van der Waals surface area contributed by atoms with Crippen LogP contribution in [0.15, 0.2) is 30.3 Å². The number of carbonyl (C=O) groups is 3. The summed E-state index contributed by atoms with van der Waals surface area (Å²) < 4.78 is -0.669. The number of benzene rings is 1. The lowest BCUT2D eigenvalue weighted by Gasteiger charge is -2.41. The second kappa shape index (κ2) is 10.5. The highest BCUT2D eigenvalue weighted by molar-refractivity contribution is 8.02. The Morgan fingerprint density at radius 2 is 1.91 bits per heavy atom. The topological polar surface area (TPSA) is 98.7 Å². The third kappa shape index (κ3) is 4.26. The van der Waals surface area contributed by atoms with E-state index in [9.17, 15) is 19.5 Å². The molecule has 3 heterocycles.